The van der Waals surface area contributed by atoms with Gasteiger partial charge in [-0.05, 0) is 37.5 Å². The highest BCUT2D eigenvalue weighted by atomic mass is 31.2. The van der Waals surface area contributed by atoms with E-state index in [1.54, 1.807) is 0 Å². The predicted octanol–water partition coefficient (Wildman–Crippen LogP) is 24.7. The lowest BCUT2D eigenvalue weighted by atomic mass is 10.0. The van der Waals surface area contributed by atoms with Gasteiger partial charge in [0.05, 0.1) is 26.4 Å². The molecule has 0 amide bonds. The third kappa shape index (κ3) is 76.1. The Morgan fingerprint density at radius 3 is 0.673 bits per heavy atom. The van der Waals surface area contributed by atoms with E-state index in [4.69, 9.17) is 37.0 Å². The summed E-state index contributed by atoms with van der Waals surface area (Å²) in [5.41, 5.74) is 0. The summed E-state index contributed by atoms with van der Waals surface area (Å²) in [7, 11) is -9.92. The normalized spacial score (nSPS) is 13.9. The Bertz CT molecular complexity index is 1940. The smallest absolute Gasteiger partial charge is 0.462 e. The number of rotatable bonds is 81. The first-order valence-corrected chi connectivity index (χ1v) is 45.5. The van der Waals surface area contributed by atoms with E-state index in [9.17, 15) is 43.2 Å². The quantitative estimate of drug-likeness (QED) is 0.0222. The zero-order valence-corrected chi connectivity index (χ0v) is 68.0. The van der Waals surface area contributed by atoms with Crippen LogP contribution in [0.5, 0.6) is 0 Å². The molecule has 600 valence electrons. The molecule has 0 saturated heterocycles. The van der Waals surface area contributed by atoms with Gasteiger partial charge in [-0.25, -0.2) is 9.13 Å². The zero-order chi connectivity index (χ0) is 74.2. The average molecular weight is 1480 g/mol. The number of hydrogen-bond donors (Lipinski definition) is 3. The number of unbranched alkanes of at least 4 members (excludes halogenated alkanes) is 51. The minimum Gasteiger partial charge on any atom is -0.462 e. The fourth-order valence-electron chi connectivity index (χ4n) is 12.7. The van der Waals surface area contributed by atoms with E-state index in [1.165, 1.54) is 250 Å². The molecule has 0 radical (unpaired) electrons. The number of ether oxygens (including phenoxy) is 4. The number of carbonyl (C=O) groups excluding carboxylic acids is 4. The monoisotopic (exact) mass is 1480 g/mol. The van der Waals surface area contributed by atoms with Crippen molar-refractivity contribution in [3.63, 3.8) is 0 Å². The second-order valence-electron chi connectivity index (χ2n) is 30.5. The van der Waals surface area contributed by atoms with Crippen LogP contribution >= 0.6 is 15.6 Å². The Morgan fingerprint density at radius 2 is 0.455 bits per heavy atom. The molecule has 0 fully saturated rings. The maximum Gasteiger partial charge on any atom is 0.472 e. The highest BCUT2D eigenvalue weighted by Crippen LogP contribution is 2.45. The van der Waals surface area contributed by atoms with Crippen molar-refractivity contribution in [1.29, 1.82) is 0 Å². The molecular weight excluding hydrogens is 1320 g/mol. The molecule has 0 aromatic rings. The third-order valence-corrected chi connectivity index (χ3v) is 21.1. The molecule has 0 spiro atoms. The summed E-state index contributed by atoms with van der Waals surface area (Å²) in [4.78, 5) is 73.0. The van der Waals surface area contributed by atoms with E-state index < -0.39 is 97.5 Å². The Hall–Kier alpha value is -1.94. The van der Waals surface area contributed by atoms with E-state index in [-0.39, 0.29) is 25.7 Å². The van der Waals surface area contributed by atoms with Crippen LogP contribution < -0.4 is 0 Å². The molecule has 19 heteroatoms. The lowest BCUT2D eigenvalue weighted by Gasteiger charge is -2.21. The Balaban J connectivity index is 5.21. The maximum absolute atomic E-state index is 13.1. The van der Waals surface area contributed by atoms with E-state index >= 15 is 0 Å². The van der Waals surface area contributed by atoms with Gasteiger partial charge in [0.25, 0.3) is 0 Å². The van der Waals surface area contributed by atoms with Crippen LogP contribution in [0.4, 0.5) is 0 Å². The van der Waals surface area contributed by atoms with Crippen molar-refractivity contribution < 1.29 is 80.2 Å². The SMILES string of the molecule is CCCCCCCCCCCCCCCCC(=O)O[C@H](COC(=O)CCCCCCCCCCC)COP(=O)(O)OC[C@H](O)COP(=O)(O)OC[C@@H](COC(=O)CCCCCCCCCCCCCCCCC(C)C)OC(=O)CCCCCCCCCCCCCCCCCCCCC(C)C. The van der Waals surface area contributed by atoms with Crippen molar-refractivity contribution >= 4 is 39.5 Å². The summed E-state index contributed by atoms with van der Waals surface area (Å²) in [6.07, 6.45) is 63.8. The van der Waals surface area contributed by atoms with Crippen LogP contribution in [0.3, 0.4) is 0 Å². The summed E-state index contributed by atoms with van der Waals surface area (Å²) in [6, 6.07) is 0. The molecule has 3 N–H and O–H groups in total. The minimum atomic E-state index is -4.96. The van der Waals surface area contributed by atoms with Gasteiger partial charge in [0.1, 0.15) is 19.3 Å². The number of phosphoric ester groups is 2. The van der Waals surface area contributed by atoms with Crippen molar-refractivity contribution in [2.75, 3.05) is 39.6 Å². The van der Waals surface area contributed by atoms with Crippen molar-refractivity contribution in [1.82, 2.24) is 0 Å². The van der Waals surface area contributed by atoms with Gasteiger partial charge in [-0.1, -0.05) is 382 Å². The van der Waals surface area contributed by atoms with Crippen LogP contribution in [0.1, 0.15) is 433 Å². The highest BCUT2D eigenvalue weighted by molar-refractivity contribution is 7.47. The topological polar surface area (TPSA) is 237 Å². The number of phosphoric acid groups is 2. The molecule has 0 saturated carbocycles. The number of hydrogen-bond acceptors (Lipinski definition) is 15. The minimum absolute atomic E-state index is 0.108. The fraction of sp³-hybridized carbons (Fsp3) is 0.951. The third-order valence-electron chi connectivity index (χ3n) is 19.2. The first-order chi connectivity index (χ1) is 48.9. The fourth-order valence-corrected chi connectivity index (χ4v) is 14.3. The summed E-state index contributed by atoms with van der Waals surface area (Å²) < 4.78 is 68.7. The lowest BCUT2D eigenvalue weighted by molar-refractivity contribution is -0.161. The largest absolute Gasteiger partial charge is 0.472 e. The molecular formula is C82H160O17P2. The van der Waals surface area contributed by atoms with Gasteiger partial charge >= 0.3 is 39.5 Å². The number of aliphatic hydroxyl groups is 1. The van der Waals surface area contributed by atoms with Crippen LogP contribution in [0, 0.1) is 11.8 Å². The second kappa shape index (κ2) is 73.6. The standard InChI is InChI=1S/C82H160O17P2/c1-7-9-11-13-15-17-18-19-30-36-42-48-54-60-66-81(86)98-77(70-92-79(84)64-58-52-46-38-16-14-12-10-8-2)72-96-100(88,89)94-68-76(83)69-95-101(90,91)97-73-78(71-93-80(85)65-59-53-47-41-35-31-27-26-29-34-40-45-51-57-63-75(5)6)99-82(87)67-61-55-49-43-37-32-25-23-21-20-22-24-28-33-39-44-50-56-62-74(3)4/h74-78,83H,7-73H2,1-6H3,(H,88,89)(H,90,91)/t76-,77+,78+/m0/s1. The first kappa shape index (κ1) is 99.1. The summed E-state index contributed by atoms with van der Waals surface area (Å²) in [5, 5.41) is 10.6. The van der Waals surface area contributed by atoms with Crippen LogP contribution in [0.2, 0.25) is 0 Å². The lowest BCUT2D eigenvalue weighted by Crippen LogP contribution is -2.30. The Morgan fingerprint density at radius 1 is 0.267 bits per heavy atom. The van der Waals surface area contributed by atoms with Crippen LogP contribution in [-0.4, -0.2) is 96.7 Å². The van der Waals surface area contributed by atoms with Gasteiger partial charge in [-0.3, -0.25) is 37.3 Å². The van der Waals surface area contributed by atoms with Crippen LogP contribution in [0.25, 0.3) is 0 Å². The van der Waals surface area contributed by atoms with Crippen LogP contribution in [0.15, 0.2) is 0 Å². The molecule has 0 aromatic heterocycles. The van der Waals surface area contributed by atoms with E-state index in [1.807, 2.05) is 0 Å². The van der Waals surface area contributed by atoms with E-state index in [0.29, 0.717) is 25.7 Å². The highest BCUT2D eigenvalue weighted by Gasteiger charge is 2.30. The van der Waals surface area contributed by atoms with E-state index in [2.05, 4.69) is 41.5 Å². The summed E-state index contributed by atoms with van der Waals surface area (Å²) in [6.45, 7) is 9.69. The zero-order valence-electron chi connectivity index (χ0n) is 66.2. The molecule has 0 aliphatic carbocycles. The van der Waals surface area contributed by atoms with E-state index in [0.717, 1.165) is 102 Å². The molecule has 0 aliphatic heterocycles. The number of esters is 4. The van der Waals surface area contributed by atoms with Gasteiger partial charge in [0.2, 0.25) is 0 Å². The summed E-state index contributed by atoms with van der Waals surface area (Å²) >= 11 is 0. The average Bonchev–Trinajstić information content (AvgIpc) is 0.965. The van der Waals surface area contributed by atoms with Gasteiger partial charge in [-0.2, -0.15) is 0 Å². The number of carbonyl (C=O) groups is 4. The Kier molecular flexibility index (Phi) is 72.2. The molecule has 0 aliphatic rings. The molecule has 17 nitrogen and oxygen atoms in total. The van der Waals surface area contributed by atoms with Crippen LogP contribution in [-0.2, 0) is 65.4 Å². The molecule has 2 unspecified atom stereocenters. The van der Waals surface area contributed by atoms with Gasteiger partial charge in [-0.15, -0.1) is 0 Å². The summed E-state index contributed by atoms with van der Waals surface area (Å²) in [5.74, 6) is -0.488. The molecule has 101 heavy (non-hydrogen) atoms. The van der Waals surface area contributed by atoms with Crippen molar-refractivity contribution in [3.8, 4) is 0 Å². The first-order valence-electron chi connectivity index (χ1n) is 42.5. The second-order valence-corrected chi connectivity index (χ2v) is 33.4. The molecule has 0 rings (SSSR count). The molecule has 5 atom stereocenters. The van der Waals surface area contributed by atoms with Crippen molar-refractivity contribution in [2.24, 2.45) is 11.8 Å². The van der Waals surface area contributed by atoms with Gasteiger partial charge < -0.3 is 33.8 Å². The molecule has 0 bridgehead atoms. The van der Waals surface area contributed by atoms with Crippen molar-refractivity contribution in [2.45, 2.75) is 452 Å². The molecule has 0 aromatic carbocycles. The van der Waals surface area contributed by atoms with Crippen molar-refractivity contribution in [3.05, 3.63) is 0 Å². The molecule has 0 heterocycles. The number of aliphatic hydroxyl groups excluding tert-OH is 1. The van der Waals surface area contributed by atoms with Gasteiger partial charge in [0, 0.05) is 25.7 Å². The van der Waals surface area contributed by atoms with Gasteiger partial charge in [0.15, 0.2) is 12.2 Å². The Labute approximate surface area is 619 Å². The predicted molar refractivity (Wildman–Crippen MR) is 414 cm³/mol. The maximum atomic E-state index is 13.1.